The van der Waals surface area contributed by atoms with Crippen molar-refractivity contribution in [3.8, 4) is 0 Å². The van der Waals surface area contributed by atoms with Crippen LogP contribution in [0.4, 0.5) is 0 Å². The summed E-state index contributed by atoms with van der Waals surface area (Å²) >= 11 is 5.61. The van der Waals surface area contributed by atoms with Gasteiger partial charge >= 0.3 is 16.5 Å². The second-order valence-corrected chi connectivity index (χ2v) is 5.08. The molecule has 3 unspecified atom stereocenters. The van der Waals surface area contributed by atoms with E-state index in [1.54, 1.807) is 19.1 Å². The molecular weight excluding hydrogens is 277 g/mol. The van der Waals surface area contributed by atoms with Gasteiger partial charge in [0, 0.05) is 14.2 Å². The van der Waals surface area contributed by atoms with Gasteiger partial charge in [0.15, 0.2) is 4.31 Å². The maximum Gasteiger partial charge on any atom is 0.745 e. The Morgan fingerprint density at radius 2 is 1.94 bits per heavy atom. The van der Waals surface area contributed by atoms with Crippen LogP contribution in [0.1, 0.15) is 13.3 Å². The Morgan fingerprint density at radius 1 is 1.44 bits per heavy atom. The van der Waals surface area contributed by atoms with Crippen LogP contribution in [0.25, 0.3) is 0 Å². The highest BCUT2D eigenvalue weighted by atomic mass is 35.5. The topological polar surface area (TPSA) is 104 Å². The molecule has 16 heavy (non-hydrogen) atoms. The standard InChI is InChI=1S/C7H9ClO.O5P2/c1-7(9)4-2-6(8)3-5-7;1-6(2)5-7(3)4/h2-4,9H,5H2,1H3;/p+2. The van der Waals surface area contributed by atoms with Gasteiger partial charge in [0.1, 0.15) is 0 Å². The largest absolute Gasteiger partial charge is 0.745 e. The van der Waals surface area contributed by atoms with E-state index in [1.165, 1.54) is 0 Å². The number of hydrogen-bond acceptors (Lipinski definition) is 4. The van der Waals surface area contributed by atoms with Gasteiger partial charge in [-0.2, -0.15) is 0 Å². The predicted molar refractivity (Wildman–Crippen MR) is 59.1 cm³/mol. The lowest BCUT2D eigenvalue weighted by atomic mass is 9.98. The molecule has 0 aromatic heterocycles. The van der Waals surface area contributed by atoms with Crippen molar-refractivity contribution in [3.05, 3.63) is 23.3 Å². The Hall–Kier alpha value is -0.190. The molecule has 1 aliphatic carbocycles. The molecule has 6 nitrogen and oxygen atoms in total. The summed E-state index contributed by atoms with van der Waals surface area (Å²) in [6.45, 7) is 1.75. The van der Waals surface area contributed by atoms with Crippen molar-refractivity contribution in [1.29, 1.82) is 0 Å². The van der Waals surface area contributed by atoms with Crippen molar-refractivity contribution in [3.63, 3.8) is 0 Å². The second-order valence-electron chi connectivity index (χ2n) is 3.04. The second kappa shape index (κ2) is 7.20. The number of hydrogen-bond donors (Lipinski definition) is 3. The van der Waals surface area contributed by atoms with Crippen molar-refractivity contribution in [1.82, 2.24) is 0 Å². The molecule has 0 aromatic carbocycles. The Balaban J connectivity index is 0.000000293. The fourth-order valence-corrected chi connectivity index (χ4v) is 1.38. The van der Waals surface area contributed by atoms with Crippen molar-refractivity contribution < 1.29 is 28.3 Å². The molecule has 9 heteroatoms. The molecule has 0 fully saturated rings. The summed E-state index contributed by atoms with van der Waals surface area (Å²) in [5, 5.41) is 10.0. The fraction of sp³-hybridized carbons (Fsp3) is 0.429. The van der Waals surface area contributed by atoms with Gasteiger partial charge in [-0.15, -0.1) is 9.79 Å². The summed E-state index contributed by atoms with van der Waals surface area (Å²) in [6, 6.07) is 0. The van der Waals surface area contributed by atoms with Crippen LogP contribution in [-0.2, 0) is 13.4 Å². The lowest BCUT2D eigenvalue weighted by Crippen LogP contribution is -2.20. The molecule has 1 aliphatic rings. The van der Waals surface area contributed by atoms with Crippen LogP contribution in [-0.4, -0.2) is 20.5 Å². The molecular formula is C7H11ClO6P2+2. The molecule has 0 saturated heterocycles. The lowest BCUT2D eigenvalue weighted by molar-refractivity contribution is 0.114. The minimum atomic E-state index is -2.92. The first-order chi connectivity index (χ1) is 7.23. The first-order valence-electron chi connectivity index (χ1n) is 4.00. The van der Waals surface area contributed by atoms with Crippen LogP contribution in [0.2, 0.25) is 0 Å². The van der Waals surface area contributed by atoms with Crippen molar-refractivity contribution in [2.75, 3.05) is 0 Å². The van der Waals surface area contributed by atoms with Crippen LogP contribution in [0.3, 0.4) is 0 Å². The third kappa shape index (κ3) is 9.07. The highest BCUT2D eigenvalue weighted by molar-refractivity contribution is 7.46. The Kier molecular flexibility index (Phi) is 7.11. The molecule has 0 aliphatic heterocycles. The number of aliphatic hydroxyl groups is 1. The normalized spacial score (nSPS) is 25.2. The Morgan fingerprint density at radius 3 is 2.12 bits per heavy atom. The average molecular weight is 289 g/mol. The van der Waals surface area contributed by atoms with E-state index in [4.69, 9.17) is 21.4 Å². The minimum Gasteiger partial charge on any atom is -0.386 e. The van der Waals surface area contributed by atoms with Crippen LogP contribution in [0.5, 0.6) is 0 Å². The Labute approximate surface area is 99.1 Å². The van der Waals surface area contributed by atoms with E-state index in [1.807, 2.05) is 6.08 Å². The van der Waals surface area contributed by atoms with Gasteiger partial charge in [-0.05, 0) is 19.4 Å². The molecule has 1 rings (SSSR count). The van der Waals surface area contributed by atoms with E-state index in [-0.39, 0.29) is 0 Å². The Bertz CT molecular complexity index is 326. The maximum absolute atomic E-state index is 9.39. The van der Waals surface area contributed by atoms with Gasteiger partial charge in [0.25, 0.3) is 0 Å². The summed E-state index contributed by atoms with van der Waals surface area (Å²) in [6.07, 6.45) is 5.84. The smallest absolute Gasteiger partial charge is 0.386 e. The van der Waals surface area contributed by atoms with E-state index < -0.39 is 22.1 Å². The monoisotopic (exact) mass is 288 g/mol. The zero-order valence-corrected chi connectivity index (χ0v) is 10.8. The van der Waals surface area contributed by atoms with E-state index in [9.17, 15) is 14.2 Å². The minimum absolute atomic E-state index is 0.613. The maximum atomic E-state index is 9.39. The van der Waals surface area contributed by atoms with E-state index >= 15 is 0 Å². The highest BCUT2D eigenvalue weighted by Crippen LogP contribution is 2.30. The van der Waals surface area contributed by atoms with Gasteiger partial charge in [-0.1, -0.05) is 23.8 Å². The zero-order chi connectivity index (χ0) is 12.8. The molecule has 0 heterocycles. The van der Waals surface area contributed by atoms with Crippen molar-refractivity contribution in [2.24, 2.45) is 0 Å². The van der Waals surface area contributed by atoms with Gasteiger partial charge in [-0.25, -0.2) is 0 Å². The summed E-state index contributed by atoms with van der Waals surface area (Å²) in [7, 11) is -5.85. The molecule has 0 radical (unpaired) electrons. The van der Waals surface area contributed by atoms with Gasteiger partial charge in [-0.3, -0.25) is 0 Å². The van der Waals surface area contributed by atoms with Gasteiger partial charge < -0.3 is 5.11 Å². The predicted octanol–water partition coefficient (Wildman–Crippen LogP) is 2.12. The third-order valence-electron chi connectivity index (χ3n) is 1.45. The summed E-state index contributed by atoms with van der Waals surface area (Å²) in [4.78, 5) is 15.3. The van der Waals surface area contributed by atoms with Crippen LogP contribution in [0, 0.1) is 0 Å². The van der Waals surface area contributed by atoms with Crippen molar-refractivity contribution in [2.45, 2.75) is 18.9 Å². The molecule has 0 aromatic rings. The van der Waals surface area contributed by atoms with Crippen LogP contribution in [0.15, 0.2) is 23.3 Å². The van der Waals surface area contributed by atoms with Crippen molar-refractivity contribution >= 4 is 28.1 Å². The highest BCUT2D eigenvalue weighted by Gasteiger charge is 2.31. The van der Waals surface area contributed by atoms with Crippen LogP contribution < -0.4 is 0 Å². The summed E-state index contributed by atoms with van der Waals surface area (Å²) in [5.41, 5.74) is -0.682. The number of rotatable bonds is 2. The van der Waals surface area contributed by atoms with E-state index in [0.717, 1.165) is 0 Å². The van der Waals surface area contributed by atoms with E-state index in [2.05, 4.69) is 4.31 Å². The van der Waals surface area contributed by atoms with Gasteiger partial charge in [0.05, 0.1) is 5.60 Å². The molecule has 3 atom stereocenters. The molecule has 90 valence electrons. The van der Waals surface area contributed by atoms with Crippen LogP contribution >= 0.6 is 28.1 Å². The molecule has 0 bridgehead atoms. The number of halogens is 1. The fourth-order valence-electron chi connectivity index (χ4n) is 0.759. The average Bonchev–Trinajstić information content (AvgIpc) is 2.09. The lowest BCUT2D eigenvalue weighted by Gasteiger charge is -2.19. The summed E-state index contributed by atoms with van der Waals surface area (Å²) in [5.74, 6) is 0. The first kappa shape index (κ1) is 15.8. The number of allylic oxidation sites excluding steroid dienone is 2. The van der Waals surface area contributed by atoms with E-state index in [0.29, 0.717) is 11.5 Å². The first-order valence-corrected chi connectivity index (χ1v) is 6.64. The zero-order valence-electron chi connectivity index (χ0n) is 8.28. The third-order valence-corrected chi connectivity index (χ3v) is 2.85. The molecule has 0 spiro atoms. The molecule has 0 amide bonds. The van der Waals surface area contributed by atoms with Gasteiger partial charge in [0.2, 0.25) is 0 Å². The molecule has 3 N–H and O–H groups in total. The SMILES string of the molecule is CC1(O)C=CC(Cl)=CC1.O=[P+](O)O[P+](=O)O. The summed E-state index contributed by atoms with van der Waals surface area (Å²) < 4.78 is 22.2. The molecule has 0 saturated carbocycles. The quantitative estimate of drug-likeness (QED) is 0.672.